The predicted octanol–water partition coefficient (Wildman–Crippen LogP) is 2.42. The van der Waals surface area contributed by atoms with Crippen LogP contribution in [0.2, 0.25) is 5.02 Å². The third-order valence-electron chi connectivity index (χ3n) is 3.41. The van der Waals surface area contributed by atoms with E-state index in [1.807, 2.05) is 24.3 Å². The molecule has 100 valence electrons. The number of rotatable bonds is 6. The minimum atomic E-state index is 0.300. The molecule has 1 unspecified atom stereocenters. The Balaban J connectivity index is 1.69. The smallest absolute Gasteiger partial charge is 0.137 e. The molecule has 1 saturated heterocycles. The zero-order valence-electron chi connectivity index (χ0n) is 10.5. The number of para-hydroxylation sites is 1. The second-order valence-electron chi connectivity index (χ2n) is 4.75. The lowest BCUT2D eigenvalue weighted by Gasteiger charge is -2.16. The van der Waals surface area contributed by atoms with Gasteiger partial charge in [-0.1, -0.05) is 23.7 Å². The lowest BCUT2D eigenvalue weighted by atomic mass is 10.1. The first-order valence-corrected chi connectivity index (χ1v) is 6.88. The summed E-state index contributed by atoms with van der Waals surface area (Å²) in [7, 11) is 0. The fourth-order valence-electron chi connectivity index (χ4n) is 2.38. The van der Waals surface area contributed by atoms with Crippen LogP contribution in [0.15, 0.2) is 24.3 Å². The van der Waals surface area contributed by atoms with E-state index in [1.54, 1.807) is 0 Å². The first kappa shape index (κ1) is 13.7. The molecule has 0 spiro atoms. The predicted molar refractivity (Wildman–Crippen MR) is 73.2 cm³/mol. The van der Waals surface area contributed by atoms with Crippen molar-refractivity contribution in [2.24, 2.45) is 5.92 Å². The normalized spacial score (nSPS) is 20.2. The van der Waals surface area contributed by atoms with Gasteiger partial charge in [0.05, 0.1) is 5.02 Å². The zero-order chi connectivity index (χ0) is 12.8. The Morgan fingerprint density at radius 3 is 3.00 bits per heavy atom. The van der Waals surface area contributed by atoms with E-state index in [9.17, 15) is 0 Å². The van der Waals surface area contributed by atoms with Crippen molar-refractivity contribution < 1.29 is 9.84 Å². The van der Waals surface area contributed by atoms with Gasteiger partial charge in [0.1, 0.15) is 12.4 Å². The Kier molecular flexibility index (Phi) is 5.29. The van der Waals surface area contributed by atoms with E-state index in [1.165, 1.54) is 6.42 Å². The SMILES string of the molecule is OCCC1CCN(CCOc2ccccc2Cl)C1. The number of nitrogens with zero attached hydrogens (tertiary/aromatic N) is 1. The van der Waals surface area contributed by atoms with Crippen LogP contribution >= 0.6 is 11.6 Å². The van der Waals surface area contributed by atoms with Gasteiger partial charge < -0.3 is 9.84 Å². The number of aliphatic hydroxyl groups is 1. The lowest BCUT2D eigenvalue weighted by Crippen LogP contribution is -2.26. The monoisotopic (exact) mass is 269 g/mol. The first-order chi connectivity index (χ1) is 8.79. The van der Waals surface area contributed by atoms with Crippen molar-refractivity contribution in [2.75, 3.05) is 32.8 Å². The summed E-state index contributed by atoms with van der Waals surface area (Å²) in [6.07, 6.45) is 2.11. The number of hydrogen-bond acceptors (Lipinski definition) is 3. The van der Waals surface area contributed by atoms with Crippen LogP contribution in [-0.4, -0.2) is 42.9 Å². The maximum Gasteiger partial charge on any atom is 0.137 e. The third-order valence-corrected chi connectivity index (χ3v) is 3.72. The number of likely N-dealkylation sites (tertiary alicyclic amines) is 1. The van der Waals surface area contributed by atoms with Crippen LogP contribution in [-0.2, 0) is 0 Å². The van der Waals surface area contributed by atoms with E-state index in [0.717, 1.165) is 31.8 Å². The van der Waals surface area contributed by atoms with Gasteiger partial charge in [0, 0.05) is 19.7 Å². The van der Waals surface area contributed by atoms with Crippen LogP contribution in [0.3, 0.4) is 0 Å². The van der Waals surface area contributed by atoms with Crippen LogP contribution in [0.1, 0.15) is 12.8 Å². The molecule has 1 aliphatic rings. The fraction of sp³-hybridized carbons (Fsp3) is 0.571. The zero-order valence-corrected chi connectivity index (χ0v) is 11.3. The Morgan fingerprint density at radius 2 is 2.22 bits per heavy atom. The van der Waals surface area contributed by atoms with Gasteiger partial charge in [-0.15, -0.1) is 0 Å². The van der Waals surface area contributed by atoms with Gasteiger partial charge in [-0.05, 0) is 37.4 Å². The molecule has 3 nitrogen and oxygen atoms in total. The third kappa shape index (κ3) is 3.87. The molecule has 1 heterocycles. The lowest BCUT2D eigenvalue weighted by molar-refractivity contribution is 0.222. The second kappa shape index (κ2) is 6.98. The maximum atomic E-state index is 8.91. The standard InChI is InChI=1S/C14H20ClNO2/c15-13-3-1-2-4-14(13)18-10-8-16-7-5-12(11-16)6-9-17/h1-4,12,17H,5-11H2. The largest absolute Gasteiger partial charge is 0.491 e. The second-order valence-corrected chi connectivity index (χ2v) is 5.15. The summed E-state index contributed by atoms with van der Waals surface area (Å²) < 4.78 is 5.67. The number of hydrogen-bond donors (Lipinski definition) is 1. The molecule has 0 amide bonds. The molecule has 0 bridgehead atoms. The van der Waals surface area contributed by atoms with Gasteiger partial charge in [-0.2, -0.15) is 0 Å². The molecule has 4 heteroatoms. The van der Waals surface area contributed by atoms with Crippen molar-refractivity contribution >= 4 is 11.6 Å². The van der Waals surface area contributed by atoms with Crippen molar-refractivity contribution in [3.05, 3.63) is 29.3 Å². The molecule has 1 aromatic carbocycles. The average molecular weight is 270 g/mol. The Hall–Kier alpha value is -0.770. The highest BCUT2D eigenvalue weighted by molar-refractivity contribution is 6.32. The number of ether oxygens (including phenoxy) is 1. The van der Waals surface area contributed by atoms with E-state index in [2.05, 4.69) is 4.90 Å². The molecular weight excluding hydrogens is 250 g/mol. The van der Waals surface area contributed by atoms with Crippen molar-refractivity contribution in [3.63, 3.8) is 0 Å². The summed E-state index contributed by atoms with van der Waals surface area (Å²) in [5, 5.41) is 9.57. The van der Waals surface area contributed by atoms with Gasteiger partial charge in [-0.3, -0.25) is 4.90 Å². The highest BCUT2D eigenvalue weighted by Crippen LogP contribution is 2.23. The molecule has 1 aliphatic heterocycles. The van der Waals surface area contributed by atoms with E-state index in [4.69, 9.17) is 21.4 Å². The summed E-state index contributed by atoms with van der Waals surface area (Å²) >= 11 is 6.02. The molecule has 0 radical (unpaired) electrons. The molecular formula is C14H20ClNO2. The van der Waals surface area contributed by atoms with Crippen LogP contribution in [0, 0.1) is 5.92 Å². The quantitative estimate of drug-likeness (QED) is 0.861. The molecule has 18 heavy (non-hydrogen) atoms. The van der Waals surface area contributed by atoms with Crippen LogP contribution in [0.25, 0.3) is 0 Å². The van der Waals surface area contributed by atoms with Gasteiger partial charge in [0.25, 0.3) is 0 Å². The highest BCUT2D eigenvalue weighted by Gasteiger charge is 2.21. The van der Waals surface area contributed by atoms with E-state index in [-0.39, 0.29) is 0 Å². The molecule has 0 aromatic heterocycles. The summed E-state index contributed by atoms with van der Waals surface area (Å²) in [5.74, 6) is 1.40. The van der Waals surface area contributed by atoms with Crippen LogP contribution in [0.5, 0.6) is 5.75 Å². The highest BCUT2D eigenvalue weighted by atomic mass is 35.5. The number of benzene rings is 1. The molecule has 2 rings (SSSR count). The van der Waals surface area contributed by atoms with Gasteiger partial charge in [0.15, 0.2) is 0 Å². The Bertz CT molecular complexity index is 373. The molecule has 1 fully saturated rings. The Labute approximate surface area is 113 Å². The average Bonchev–Trinajstić information content (AvgIpc) is 2.80. The topological polar surface area (TPSA) is 32.7 Å². The minimum Gasteiger partial charge on any atom is -0.491 e. The molecule has 1 N–H and O–H groups in total. The van der Waals surface area contributed by atoms with Crippen molar-refractivity contribution in [1.82, 2.24) is 4.90 Å². The number of aliphatic hydroxyl groups excluding tert-OH is 1. The van der Waals surface area contributed by atoms with Crippen LogP contribution < -0.4 is 4.74 Å². The molecule has 0 saturated carbocycles. The molecule has 1 atom stereocenters. The van der Waals surface area contributed by atoms with E-state index < -0.39 is 0 Å². The summed E-state index contributed by atoms with van der Waals surface area (Å²) in [4.78, 5) is 2.39. The van der Waals surface area contributed by atoms with Crippen molar-refractivity contribution in [1.29, 1.82) is 0 Å². The van der Waals surface area contributed by atoms with Crippen LogP contribution in [0.4, 0.5) is 0 Å². The molecule has 1 aromatic rings. The summed E-state index contributed by atoms with van der Waals surface area (Å²) in [5.41, 5.74) is 0. The van der Waals surface area contributed by atoms with E-state index in [0.29, 0.717) is 24.2 Å². The summed E-state index contributed by atoms with van der Waals surface area (Å²) in [6.45, 7) is 4.07. The minimum absolute atomic E-state index is 0.300. The van der Waals surface area contributed by atoms with Crippen molar-refractivity contribution in [2.45, 2.75) is 12.8 Å². The van der Waals surface area contributed by atoms with Gasteiger partial charge in [0.2, 0.25) is 0 Å². The van der Waals surface area contributed by atoms with Gasteiger partial charge in [-0.25, -0.2) is 0 Å². The van der Waals surface area contributed by atoms with Crippen molar-refractivity contribution in [3.8, 4) is 5.75 Å². The van der Waals surface area contributed by atoms with Gasteiger partial charge >= 0.3 is 0 Å². The first-order valence-electron chi connectivity index (χ1n) is 6.50. The number of halogens is 1. The fourth-order valence-corrected chi connectivity index (χ4v) is 2.57. The maximum absolute atomic E-state index is 8.91. The van der Waals surface area contributed by atoms with E-state index >= 15 is 0 Å². The molecule has 0 aliphatic carbocycles. The summed E-state index contributed by atoms with van der Waals surface area (Å²) in [6, 6.07) is 7.55. The Morgan fingerprint density at radius 1 is 1.39 bits per heavy atom.